The summed E-state index contributed by atoms with van der Waals surface area (Å²) >= 11 is 0. The molecule has 0 radical (unpaired) electrons. The first kappa shape index (κ1) is 18.5. The number of hydrogen-bond acceptors (Lipinski definition) is 3. The highest BCUT2D eigenvalue weighted by atomic mass is 16.4. The van der Waals surface area contributed by atoms with Crippen LogP contribution in [0.3, 0.4) is 0 Å². The van der Waals surface area contributed by atoms with Gasteiger partial charge in [-0.05, 0) is 66.4 Å². The van der Waals surface area contributed by atoms with Gasteiger partial charge in [-0.1, -0.05) is 36.4 Å². The van der Waals surface area contributed by atoms with Gasteiger partial charge in [0.15, 0.2) is 5.82 Å². The number of aromatic nitrogens is 2. The van der Waals surface area contributed by atoms with Crippen molar-refractivity contribution in [3.63, 3.8) is 0 Å². The van der Waals surface area contributed by atoms with E-state index < -0.39 is 5.97 Å². The Morgan fingerprint density at radius 1 is 0.931 bits per heavy atom. The third kappa shape index (κ3) is 3.75. The number of aromatic carboxylic acids is 1. The molecule has 0 aliphatic rings. The largest absolute Gasteiger partial charge is 0.478 e. The average Bonchev–Trinajstić information content (AvgIpc) is 3.17. The van der Waals surface area contributed by atoms with Crippen LogP contribution in [0.2, 0.25) is 0 Å². The highest BCUT2D eigenvalue weighted by molar-refractivity contribution is 5.97. The Hall–Kier alpha value is -3.86. The molecule has 0 fully saturated rings. The van der Waals surface area contributed by atoms with Gasteiger partial charge in [-0.2, -0.15) is 5.10 Å². The summed E-state index contributed by atoms with van der Waals surface area (Å²) in [5.74, 6) is -0.181. The SMILES string of the molecule is Cc1cc(Nc2ccn(-c3ccccc3)n2)cc(C)c1-c1ccccc1C(=O)O. The Balaban J connectivity index is 1.65. The minimum Gasteiger partial charge on any atom is -0.478 e. The standard InChI is InChI=1S/C24H21N3O2/c1-16-14-18(25-22-12-13-27(26-22)19-8-4-3-5-9-19)15-17(2)23(16)20-10-6-7-11-21(20)24(28)29/h3-15H,1-2H3,(H,25,26)(H,28,29). The molecule has 5 heteroatoms. The van der Waals surface area contributed by atoms with Crippen molar-refractivity contribution in [2.75, 3.05) is 5.32 Å². The van der Waals surface area contributed by atoms with Crippen LogP contribution in [0.1, 0.15) is 21.5 Å². The molecule has 0 aliphatic heterocycles. The van der Waals surface area contributed by atoms with Crippen molar-refractivity contribution in [3.05, 3.63) is 95.7 Å². The number of anilines is 2. The van der Waals surface area contributed by atoms with Gasteiger partial charge in [0.2, 0.25) is 0 Å². The molecule has 0 bridgehead atoms. The fraction of sp³-hybridized carbons (Fsp3) is 0.0833. The van der Waals surface area contributed by atoms with Gasteiger partial charge in [-0.15, -0.1) is 0 Å². The molecule has 5 nitrogen and oxygen atoms in total. The van der Waals surface area contributed by atoms with Crippen LogP contribution in [0.5, 0.6) is 0 Å². The number of aryl methyl sites for hydroxylation is 2. The van der Waals surface area contributed by atoms with E-state index >= 15 is 0 Å². The van der Waals surface area contributed by atoms with Crippen molar-refractivity contribution in [2.45, 2.75) is 13.8 Å². The van der Waals surface area contributed by atoms with Crippen LogP contribution in [0.25, 0.3) is 16.8 Å². The van der Waals surface area contributed by atoms with E-state index in [1.54, 1.807) is 12.1 Å². The van der Waals surface area contributed by atoms with E-state index in [-0.39, 0.29) is 0 Å². The van der Waals surface area contributed by atoms with E-state index in [2.05, 4.69) is 10.4 Å². The first-order valence-corrected chi connectivity index (χ1v) is 9.35. The Morgan fingerprint density at radius 3 is 2.28 bits per heavy atom. The molecule has 0 saturated carbocycles. The first-order chi connectivity index (χ1) is 14.0. The van der Waals surface area contributed by atoms with Crippen LogP contribution >= 0.6 is 0 Å². The third-order valence-electron chi connectivity index (χ3n) is 4.84. The maximum Gasteiger partial charge on any atom is 0.336 e. The molecule has 1 heterocycles. The van der Waals surface area contributed by atoms with Crippen molar-refractivity contribution < 1.29 is 9.90 Å². The first-order valence-electron chi connectivity index (χ1n) is 9.35. The summed E-state index contributed by atoms with van der Waals surface area (Å²) in [6.45, 7) is 3.99. The number of para-hydroxylation sites is 1. The van der Waals surface area contributed by atoms with Gasteiger partial charge in [-0.3, -0.25) is 0 Å². The van der Waals surface area contributed by atoms with Crippen LogP contribution in [0.15, 0.2) is 79.0 Å². The highest BCUT2D eigenvalue weighted by Gasteiger charge is 2.15. The molecular weight excluding hydrogens is 362 g/mol. The smallest absolute Gasteiger partial charge is 0.336 e. The van der Waals surface area contributed by atoms with Crippen molar-refractivity contribution >= 4 is 17.5 Å². The molecule has 0 spiro atoms. The molecule has 0 unspecified atom stereocenters. The summed E-state index contributed by atoms with van der Waals surface area (Å²) in [6.07, 6.45) is 1.91. The summed E-state index contributed by atoms with van der Waals surface area (Å²) in [7, 11) is 0. The van der Waals surface area contributed by atoms with Crippen LogP contribution < -0.4 is 5.32 Å². The van der Waals surface area contributed by atoms with Crippen molar-refractivity contribution in [1.29, 1.82) is 0 Å². The maximum atomic E-state index is 11.6. The van der Waals surface area contributed by atoms with Gasteiger partial charge < -0.3 is 10.4 Å². The molecular formula is C24H21N3O2. The van der Waals surface area contributed by atoms with Crippen molar-refractivity contribution in [2.24, 2.45) is 0 Å². The predicted molar refractivity (Wildman–Crippen MR) is 115 cm³/mol. The number of benzene rings is 3. The number of hydrogen-bond donors (Lipinski definition) is 2. The predicted octanol–water partition coefficient (Wildman–Crippen LogP) is 5.60. The Labute approximate surface area is 169 Å². The van der Waals surface area contributed by atoms with E-state index in [4.69, 9.17) is 0 Å². The molecule has 29 heavy (non-hydrogen) atoms. The van der Waals surface area contributed by atoms with E-state index in [9.17, 15) is 9.90 Å². The monoisotopic (exact) mass is 383 g/mol. The zero-order valence-electron chi connectivity index (χ0n) is 16.3. The molecule has 4 rings (SSSR count). The molecule has 0 atom stereocenters. The topological polar surface area (TPSA) is 67.2 Å². The average molecular weight is 383 g/mol. The van der Waals surface area contributed by atoms with Gasteiger partial charge in [0.05, 0.1) is 11.3 Å². The molecule has 0 aliphatic carbocycles. The van der Waals surface area contributed by atoms with Crippen LogP contribution in [0, 0.1) is 13.8 Å². The minimum atomic E-state index is -0.923. The van der Waals surface area contributed by atoms with Crippen LogP contribution in [-0.4, -0.2) is 20.9 Å². The zero-order chi connectivity index (χ0) is 20.4. The molecule has 144 valence electrons. The second kappa shape index (κ2) is 7.64. The molecule has 0 amide bonds. The maximum absolute atomic E-state index is 11.6. The molecule has 3 aromatic carbocycles. The van der Waals surface area contributed by atoms with E-state index in [1.807, 2.05) is 85.4 Å². The summed E-state index contributed by atoms with van der Waals surface area (Å²) < 4.78 is 1.82. The second-order valence-corrected chi connectivity index (χ2v) is 6.94. The van der Waals surface area contributed by atoms with Gasteiger partial charge in [-0.25, -0.2) is 9.48 Å². The minimum absolute atomic E-state index is 0.306. The van der Waals surface area contributed by atoms with E-state index in [0.29, 0.717) is 5.56 Å². The lowest BCUT2D eigenvalue weighted by Crippen LogP contribution is -2.02. The second-order valence-electron chi connectivity index (χ2n) is 6.94. The third-order valence-corrected chi connectivity index (χ3v) is 4.84. The number of carboxylic acids is 1. The van der Waals surface area contributed by atoms with Gasteiger partial charge >= 0.3 is 5.97 Å². The number of carbonyl (C=O) groups is 1. The summed E-state index contributed by atoms with van der Waals surface area (Å²) in [6, 6.07) is 23.0. The van der Waals surface area contributed by atoms with Gasteiger partial charge in [0.1, 0.15) is 0 Å². The lowest BCUT2D eigenvalue weighted by atomic mass is 9.92. The zero-order valence-corrected chi connectivity index (χ0v) is 16.3. The molecule has 0 saturated heterocycles. The Morgan fingerprint density at radius 2 is 1.59 bits per heavy atom. The lowest BCUT2D eigenvalue weighted by Gasteiger charge is -2.15. The Bertz CT molecular complexity index is 1160. The van der Waals surface area contributed by atoms with Crippen molar-refractivity contribution in [1.82, 2.24) is 9.78 Å². The number of carboxylic acid groups (broad SMARTS) is 1. The fourth-order valence-corrected chi connectivity index (χ4v) is 3.61. The van der Waals surface area contributed by atoms with Crippen LogP contribution in [0.4, 0.5) is 11.5 Å². The highest BCUT2D eigenvalue weighted by Crippen LogP contribution is 2.33. The van der Waals surface area contributed by atoms with Gasteiger partial charge in [0, 0.05) is 18.0 Å². The number of nitrogens with one attached hydrogen (secondary N) is 1. The van der Waals surface area contributed by atoms with E-state index in [0.717, 1.165) is 39.4 Å². The molecule has 4 aromatic rings. The number of nitrogens with zero attached hydrogens (tertiary/aromatic N) is 2. The lowest BCUT2D eigenvalue weighted by molar-refractivity contribution is 0.0697. The van der Waals surface area contributed by atoms with E-state index in [1.165, 1.54) is 0 Å². The number of rotatable bonds is 5. The fourth-order valence-electron chi connectivity index (χ4n) is 3.61. The summed E-state index contributed by atoms with van der Waals surface area (Å²) in [5.41, 5.74) is 5.90. The Kier molecular flexibility index (Phi) is 4.87. The van der Waals surface area contributed by atoms with Crippen LogP contribution in [-0.2, 0) is 0 Å². The summed E-state index contributed by atoms with van der Waals surface area (Å²) in [5, 5.41) is 17.5. The summed E-state index contributed by atoms with van der Waals surface area (Å²) in [4.78, 5) is 11.6. The molecule has 1 aromatic heterocycles. The van der Waals surface area contributed by atoms with Gasteiger partial charge in [0.25, 0.3) is 0 Å². The van der Waals surface area contributed by atoms with Crippen molar-refractivity contribution in [3.8, 4) is 16.8 Å². The quantitative estimate of drug-likeness (QED) is 0.471. The normalized spacial score (nSPS) is 10.7. The molecule has 2 N–H and O–H groups in total.